The summed E-state index contributed by atoms with van der Waals surface area (Å²) in [6, 6.07) is 12.9. The van der Waals surface area contributed by atoms with Crippen LogP contribution in [-0.2, 0) is 0 Å². The second kappa shape index (κ2) is 6.83. The average molecular weight is 327 g/mol. The number of ketones is 1. The maximum absolute atomic E-state index is 12.6. The number of carbonyl (C=O) groups is 1. The number of Topliss-reactive ketones (excluding diaryl/α,β-unsaturated/α-hetero) is 1. The quantitative estimate of drug-likeness (QED) is 0.512. The summed E-state index contributed by atoms with van der Waals surface area (Å²) < 4.78 is 7.28. The van der Waals surface area contributed by atoms with Gasteiger partial charge in [0.05, 0.1) is 11.9 Å². The Bertz CT molecular complexity index is 814. The average Bonchev–Trinajstić information content (AvgIpc) is 2.98. The van der Waals surface area contributed by atoms with Gasteiger partial charge in [-0.25, -0.2) is 0 Å². The van der Waals surface area contributed by atoms with Crippen LogP contribution in [0.1, 0.15) is 24.2 Å². The number of aromatic nitrogens is 3. The molecule has 0 aliphatic heterocycles. The zero-order valence-corrected chi connectivity index (χ0v) is 13.8. The molecule has 0 aliphatic rings. The minimum Gasteiger partial charge on any atom is -0.494 e. The number of fused-ring (bicyclic) bond motifs is 1. The Morgan fingerprint density at radius 3 is 2.74 bits per heavy atom. The number of hydrogen-bond acceptors (Lipinski definition) is 5. The molecule has 0 spiro atoms. The number of thioether (sulfide) groups is 1. The first kappa shape index (κ1) is 15.6. The molecule has 0 amide bonds. The van der Waals surface area contributed by atoms with Gasteiger partial charge >= 0.3 is 0 Å². The van der Waals surface area contributed by atoms with Gasteiger partial charge in [-0.2, -0.15) is 0 Å². The maximum atomic E-state index is 12.6. The fourth-order valence-electron chi connectivity index (χ4n) is 2.23. The van der Waals surface area contributed by atoms with Crippen molar-refractivity contribution >= 4 is 23.2 Å². The molecule has 5 nitrogen and oxygen atoms in total. The van der Waals surface area contributed by atoms with E-state index in [1.54, 1.807) is 12.1 Å². The van der Waals surface area contributed by atoms with Crippen molar-refractivity contribution < 1.29 is 9.53 Å². The van der Waals surface area contributed by atoms with E-state index in [4.69, 9.17) is 4.74 Å². The molecule has 0 aliphatic carbocycles. The van der Waals surface area contributed by atoms with Crippen LogP contribution in [-0.4, -0.2) is 32.2 Å². The molecule has 2 heterocycles. The van der Waals surface area contributed by atoms with Crippen LogP contribution in [0.2, 0.25) is 0 Å². The van der Waals surface area contributed by atoms with Crippen LogP contribution >= 0.6 is 11.8 Å². The highest BCUT2D eigenvalue weighted by atomic mass is 32.2. The molecule has 3 rings (SSSR count). The molecule has 2 aromatic heterocycles. The lowest BCUT2D eigenvalue weighted by Crippen LogP contribution is -2.14. The van der Waals surface area contributed by atoms with Gasteiger partial charge in [-0.3, -0.25) is 9.20 Å². The summed E-state index contributed by atoms with van der Waals surface area (Å²) in [4.78, 5) is 12.6. The first-order valence-corrected chi connectivity index (χ1v) is 8.30. The number of benzene rings is 1. The van der Waals surface area contributed by atoms with Crippen LogP contribution in [0, 0.1) is 0 Å². The van der Waals surface area contributed by atoms with E-state index >= 15 is 0 Å². The van der Waals surface area contributed by atoms with Crippen LogP contribution in [0.15, 0.2) is 53.8 Å². The highest BCUT2D eigenvalue weighted by molar-refractivity contribution is 8.00. The second-order valence-electron chi connectivity index (χ2n) is 4.99. The molecule has 118 valence electrons. The fraction of sp³-hybridized carbons (Fsp3) is 0.235. The summed E-state index contributed by atoms with van der Waals surface area (Å²) >= 11 is 1.41. The fourth-order valence-corrected chi connectivity index (χ4v) is 3.14. The van der Waals surface area contributed by atoms with Crippen molar-refractivity contribution in [3.63, 3.8) is 0 Å². The number of nitrogens with zero attached hydrogens (tertiary/aromatic N) is 3. The van der Waals surface area contributed by atoms with Crippen molar-refractivity contribution in [2.75, 3.05) is 6.61 Å². The van der Waals surface area contributed by atoms with E-state index in [2.05, 4.69) is 10.2 Å². The Hall–Kier alpha value is -2.34. The smallest absolute Gasteiger partial charge is 0.196 e. The maximum Gasteiger partial charge on any atom is 0.196 e. The van der Waals surface area contributed by atoms with Gasteiger partial charge in [0.2, 0.25) is 0 Å². The van der Waals surface area contributed by atoms with Gasteiger partial charge in [-0.1, -0.05) is 17.8 Å². The lowest BCUT2D eigenvalue weighted by atomic mass is 10.1. The molecule has 1 atom stereocenters. The molecule has 0 N–H and O–H groups in total. The molecule has 3 aromatic rings. The normalized spacial score (nSPS) is 12.3. The number of rotatable bonds is 6. The van der Waals surface area contributed by atoms with E-state index in [9.17, 15) is 4.79 Å². The third kappa shape index (κ3) is 3.37. The van der Waals surface area contributed by atoms with Gasteiger partial charge in [0.25, 0.3) is 0 Å². The summed E-state index contributed by atoms with van der Waals surface area (Å²) in [5, 5.41) is 8.72. The first-order chi connectivity index (χ1) is 11.2. The molecular formula is C17H17N3O2S. The molecule has 6 heteroatoms. The molecule has 23 heavy (non-hydrogen) atoms. The lowest BCUT2D eigenvalue weighted by Gasteiger charge is -2.10. The second-order valence-corrected chi connectivity index (χ2v) is 6.30. The predicted octanol–water partition coefficient (Wildman–Crippen LogP) is 3.49. The first-order valence-electron chi connectivity index (χ1n) is 7.42. The monoisotopic (exact) mass is 327 g/mol. The van der Waals surface area contributed by atoms with Gasteiger partial charge in [0.1, 0.15) is 5.75 Å². The van der Waals surface area contributed by atoms with E-state index in [1.165, 1.54) is 11.8 Å². The standard InChI is InChI=1S/C17H17N3O2S/c1-3-22-14-9-7-13(8-10-14)16(21)12(2)23-17-19-18-15-6-4-5-11-20(15)17/h4-12H,3H2,1-2H3. The Morgan fingerprint density at radius 1 is 1.22 bits per heavy atom. The molecular weight excluding hydrogens is 310 g/mol. The van der Waals surface area contributed by atoms with Gasteiger partial charge < -0.3 is 4.74 Å². The Kier molecular flexibility index (Phi) is 4.62. The van der Waals surface area contributed by atoms with Gasteiger partial charge in [0.15, 0.2) is 16.6 Å². The van der Waals surface area contributed by atoms with Crippen LogP contribution < -0.4 is 4.74 Å². The number of pyridine rings is 1. The topological polar surface area (TPSA) is 56.5 Å². The molecule has 0 fully saturated rings. The Labute approximate surface area is 138 Å². The van der Waals surface area contributed by atoms with Crippen LogP contribution in [0.25, 0.3) is 5.65 Å². The summed E-state index contributed by atoms with van der Waals surface area (Å²) in [5.74, 6) is 0.832. The highest BCUT2D eigenvalue weighted by Crippen LogP contribution is 2.25. The third-order valence-electron chi connectivity index (χ3n) is 3.38. The highest BCUT2D eigenvalue weighted by Gasteiger charge is 2.19. The van der Waals surface area contributed by atoms with Crippen LogP contribution in [0.3, 0.4) is 0 Å². The van der Waals surface area contributed by atoms with E-state index in [1.807, 2.05) is 54.8 Å². The SMILES string of the molecule is CCOc1ccc(C(=O)C(C)Sc2nnc3ccccn23)cc1. The predicted molar refractivity (Wildman–Crippen MR) is 90.2 cm³/mol. The van der Waals surface area contributed by atoms with Crippen molar-refractivity contribution in [2.45, 2.75) is 24.3 Å². The minimum atomic E-state index is -0.249. The lowest BCUT2D eigenvalue weighted by molar-refractivity contribution is 0.0994. The molecule has 0 saturated heterocycles. The zero-order chi connectivity index (χ0) is 16.2. The van der Waals surface area contributed by atoms with E-state index < -0.39 is 0 Å². The van der Waals surface area contributed by atoms with Crippen molar-refractivity contribution in [1.82, 2.24) is 14.6 Å². The summed E-state index contributed by atoms with van der Waals surface area (Å²) in [7, 11) is 0. The van der Waals surface area contributed by atoms with Gasteiger partial charge in [-0.05, 0) is 50.2 Å². The molecule has 0 saturated carbocycles. The van der Waals surface area contributed by atoms with Gasteiger partial charge in [0, 0.05) is 11.8 Å². The van der Waals surface area contributed by atoms with E-state index in [0.717, 1.165) is 11.4 Å². The van der Waals surface area contributed by atoms with Crippen molar-refractivity contribution in [1.29, 1.82) is 0 Å². The Morgan fingerprint density at radius 2 is 2.00 bits per heavy atom. The van der Waals surface area contributed by atoms with Crippen LogP contribution in [0.5, 0.6) is 5.75 Å². The van der Waals surface area contributed by atoms with Crippen molar-refractivity contribution in [2.24, 2.45) is 0 Å². The molecule has 0 bridgehead atoms. The minimum absolute atomic E-state index is 0.0609. The molecule has 1 unspecified atom stereocenters. The largest absolute Gasteiger partial charge is 0.494 e. The zero-order valence-electron chi connectivity index (χ0n) is 13.0. The number of hydrogen-bond donors (Lipinski definition) is 0. The molecule has 1 aromatic carbocycles. The summed E-state index contributed by atoms with van der Waals surface area (Å²) in [6.45, 7) is 4.42. The van der Waals surface area contributed by atoms with E-state index in [0.29, 0.717) is 17.3 Å². The third-order valence-corrected chi connectivity index (χ3v) is 4.44. The molecule has 0 radical (unpaired) electrons. The Balaban J connectivity index is 1.74. The van der Waals surface area contributed by atoms with Gasteiger partial charge in [-0.15, -0.1) is 10.2 Å². The summed E-state index contributed by atoms with van der Waals surface area (Å²) in [6.07, 6.45) is 1.89. The summed E-state index contributed by atoms with van der Waals surface area (Å²) in [5.41, 5.74) is 1.44. The van der Waals surface area contributed by atoms with E-state index in [-0.39, 0.29) is 11.0 Å². The van der Waals surface area contributed by atoms with Crippen LogP contribution in [0.4, 0.5) is 0 Å². The van der Waals surface area contributed by atoms with Crippen molar-refractivity contribution in [3.05, 3.63) is 54.2 Å². The number of ether oxygens (including phenoxy) is 1. The number of carbonyl (C=O) groups excluding carboxylic acids is 1. The van der Waals surface area contributed by atoms with Crippen molar-refractivity contribution in [3.8, 4) is 5.75 Å².